The first-order valence-electron chi connectivity index (χ1n) is 6.22. The van der Waals surface area contributed by atoms with Crippen LogP contribution in [0.4, 0.5) is 5.69 Å². The number of rotatable bonds is 4. The number of benzene rings is 1. The van der Waals surface area contributed by atoms with Crippen LogP contribution in [0.3, 0.4) is 0 Å². The van der Waals surface area contributed by atoms with Gasteiger partial charge in [-0.1, -0.05) is 18.2 Å². The third kappa shape index (κ3) is 3.72. The molecular formula is C13H19MgN3O4S. The minimum absolute atomic E-state index is 0. The van der Waals surface area contributed by atoms with Crippen LogP contribution in [-0.4, -0.2) is 58.3 Å². The molecule has 7 nitrogen and oxygen atoms in total. The summed E-state index contributed by atoms with van der Waals surface area (Å²) in [6.07, 6.45) is 0. The molecule has 0 fully saturated rings. The van der Waals surface area contributed by atoms with Crippen LogP contribution < -0.4 is 10.5 Å². The van der Waals surface area contributed by atoms with E-state index in [9.17, 15) is 13.2 Å². The molecule has 1 aromatic carbocycles. The zero-order valence-corrected chi connectivity index (χ0v) is 12.8. The molecule has 0 saturated heterocycles. The molecule has 0 unspecified atom stereocenters. The maximum absolute atomic E-state index is 12.6. The quantitative estimate of drug-likeness (QED) is 0.619. The maximum Gasteiger partial charge on any atom is 0.316 e. The summed E-state index contributed by atoms with van der Waals surface area (Å²) in [4.78, 5) is 13.8. The van der Waals surface area contributed by atoms with Crippen molar-refractivity contribution in [3.05, 3.63) is 46.4 Å². The lowest BCUT2D eigenvalue weighted by molar-refractivity contribution is 0.482. The summed E-state index contributed by atoms with van der Waals surface area (Å²) in [5.41, 5.74) is 1.18. The van der Waals surface area contributed by atoms with E-state index >= 15 is 0 Å². The smallest absolute Gasteiger partial charge is 0.316 e. The van der Waals surface area contributed by atoms with Gasteiger partial charge in [-0.2, -0.15) is 8.42 Å². The highest BCUT2D eigenvalue weighted by Crippen LogP contribution is 2.17. The van der Waals surface area contributed by atoms with E-state index in [0.717, 1.165) is 0 Å². The number of nitrogens with zero attached hydrogens (tertiary/aromatic N) is 3. The molecule has 1 aromatic heterocycles. The molecule has 1 N–H and O–H groups in total. The van der Waals surface area contributed by atoms with E-state index in [2.05, 4.69) is 0 Å². The van der Waals surface area contributed by atoms with Gasteiger partial charge in [0.25, 0.3) is 15.7 Å². The highest BCUT2D eigenvalue weighted by Gasteiger charge is 2.21. The van der Waals surface area contributed by atoms with E-state index in [1.165, 1.54) is 16.6 Å². The predicted octanol–water partition coefficient (Wildman–Crippen LogP) is -0.150. The van der Waals surface area contributed by atoms with Gasteiger partial charge in [-0.25, -0.2) is 4.68 Å². The van der Waals surface area contributed by atoms with E-state index < -0.39 is 16.0 Å². The first-order chi connectivity index (χ1) is 9.72. The van der Waals surface area contributed by atoms with Gasteiger partial charge in [0.05, 0.1) is 11.4 Å². The Morgan fingerprint density at radius 1 is 1.23 bits per heavy atom. The first kappa shape index (κ1) is 18.8. The Kier molecular flexibility index (Phi) is 5.85. The van der Waals surface area contributed by atoms with E-state index in [1.807, 2.05) is 18.2 Å². The topological polar surface area (TPSA) is 84.5 Å². The SMILES string of the molecule is Cc1c(N(C)CS(=O)(=O)O)c(=O)n(-c2ccccc2)n1C.[MgH2]. The van der Waals surface area contributed by atoms with Crippen molar-refractivity contribution in [3.63, 3.8) is 0 Å². The Morgan fingerprint density at radius 3 is 2.27 bits per heavy atom. The molecule has 22 heavy (non-hydrogen) atoms. The van der Waals surface area contributed by atoms with Gasteiger partial charge >= 0.3 is 23.1 Å². The van der Waals surface area contributed by atoms with Crippen LogP contribution in [0.2, 0.25) is 0 Å². The third-order valence-electron chi connectivity index (χ3n) is 3.26. The molecule has 9 heteroatoms. The van der Waals surface area contributed by atoms with Gasteiger partial charge in [0.1, 0.15) is 11.6 Å². The average molecular weight is 338 g/mol. The van der Waals surface area contributed by atoms with Crippen LogP contribution in [0, 0.1) is 6.92 Å². The Balaban J connectivity index is 0.00000242. The Morgan fingerprint density at radius 2 is 1.77 bits per heavy atom. The molecule has 1 heterocycles. The fourth-order valence-corrected chi connectivity index (χ4v) is 2.92. The average Bonchev–Trinajstić information content (AvgIpc) is 2.59. The Bertz CT molecular complexity index is 812. The van der Waals surface area contributed by atoms with Crippen LogP contribution >= 0.6 is 0 Å². The van der Waals surface area contributed by atoms with Crippen LogP contribution in [0.15, 0.2) is 35.1 Å². The zero-order chi connectivity index (χ0) is 15.8. The lowest BCUT2D eigenvalue weighted by Gasteiger charge is -2.15. The Labute approximate surface area is 145 Å². The van der Waals surface area contributed by atoms with Crippen molar-refractivity contribution in [1.29, 1.82) is 0 Å². The van der Waals surface area contributed by atoms with Gasteiger partial charge in [-0.3, -0.25) is 14.0 Å². The zero-order valence-electron chi connectivity index (χ0n) is 12.0. The number of para-hydroxylation sites is 1. The van der Waals surface area contributed by atoms with E-state index in [0.29, 0.717) is 11.4 Å². The minimum atomic E-state index is -4.20. The van der Waals surface area contributed by atoms with Crippen LogP contribution in [0.5, 0.6) is 0 Å². The molecule has 0 radical (unpaired) electrons. The van der Waals surface area contributed by atoms with Crippen molar-refractivity contribution in [2.75, 3.05) is 17.8 Å². The number of hydrogen-bond acceptors (Lipinski definition) is 4. The van der Waals surface area contributed by atoms with Gasteiger partial charge in [-0.15, -0.1) is 0 Å². The molecular weight excluding hydrogens is 319 g/mol. The molecule has 0 spiro atoms. The van der Waals surface area contributed by atoms with Crippen LogP contribution in [0.25, 0.3) is 5.69 Å². The van der Waals surface area contributed by atoms with Gasteiger partial charge in [0, 0.05) is 14.1 Å². The fourth-order valence-electron chi connectivity index (χ4n) is 2.30. The molecule has 2 aromatic rings. The lowest BCUT2D eigenvalue weighted by Crippen LogP contribution is -2.30. The second-order valence-electron chi connectivity index (χ2n) is 4.82. The van der Waals surface area contributed by atoms with E-state index in [4.69, 9.17) is 4.55 Å². The van der Waals surface area contributed by atoms with Crippen molar-refractivity contribution >= 4 is 38.9 Å². The summed E-state index contributed by atoms with van der Waals surface area (Å²) in [5, 5.41) is 0. The van der Waals surface area contributed by atoms with Crippen molar-refractivity contribution in [2.24, 2.45) is 7.05 Å². The van der Waals surface area contributed by atoms with E-state index in [-0.39, 0.29) is 34.3 Å². The van der Waals surface area contributed by atoms with Crippen LogP contribution in [-0.2, 0) is 17.2 Å². The maximum atomic E-state index is 12.6. The second kappa shape index (κ2) is 6.86. The molecule has 118 valence electrons. The van der Waals surface area contributed by atoms with E-state index in [1.54, 1.807) is 30.8 Å². The highest BCUT2D eigenvalue weighted by molar-refractivity contribution is 7.85. The molecule has 0 saturated carbocycles. The molecule has 0 aliphatic heterocycles. The summed E-state index contributed by atoms with van der Waals surface area (Å²) >= 11 is 0. The summed E-state index contributed by atoms with van der Waals surface area (Å²) in [5.74, 6) is -0.637. The van der Waals surface area contributed by atoms with Crippen LogP contribution in [0.1, 0.15) is 5.69 Å². The third-order valence-corrected chi connectivity index (χ3v) is 3.98. The first-order valence-corrected chi connectivity index (χ1v) is 7.83. The van der Waals surface area contributed by atoms with Crippen molar-refractivity contribution in [2.45, 2.75) is 6.92 Å². The monoisotopic (exact) mass is 337 g/mol. The van der Waals surface area contributed by atoms with Crippen molar-refractivity contribution in [3.8, 4) is 5.69 Å². The van der Waals surface area contributed by atoms with Gasteiger partial charge < -0.3 is 4.90 Å². The predicted molar refractivity (Wildman–Crippen MR) is 89.1 cm³/mol. The molecule has 0 bridgehead atoms. The molecule has 2 rings (SSSR count). The molecule has 0 aliphatic carbocycles. The van der Waals surface area contributed by atoms with Gasteiger partial charge in [0.15, 0.2) is 0 Å². The fraction of sp³-hybridized carbons (Fsp3) is 0.308. The van der Waals surface area contributed by atoms with Crippen molar-refractivity contribution < 1.29 is 13.0 Å². The molecule has 0 atom stereocenters. The minimum Gasteiger partial charge on any atom is -0.353 e. The van der Waals surface area contributed by atoms with Gasteiger partial charge in [0.2, 0.25) is 0 Å². The largest absolute Gasteiger partial charge is 0.353 e. The summed E-state index contributed by atoms with van der Waals surface area (Å²) in [6.45, 7) is 1.72. The normalized spacial score (nSPS) is 11.1. The van der Waals surface area contributed by atoms with Crippen molar-refractivity contribution in [1.82, 2.24) is 9.36 Å². The summed E-state index contributed by atoms with van der Waals surface area (Å²) in [7, 11) is -1.04. The molecule has 0 aliphatic rings. The second-order valence-corrected chi connectivity index (χ2v) is 6.24. The number of anilines is 1. The van der Waals surface area contributed by atoms with Gasteiger partial charge in [-0.05, 0) is 19.1 Å². The highest BCUT2D eigenvalue weighted by atomic mass is 32.2. The Hall–Kier alpha value is -1.29. The lowest BCUT2D eigenvalue weighted by atomic mass is 10.3. The standard InChI is InChI=1S/C13H17N3O4S.Mg.2H/c1-10-12(14(2)9-21(18,19)20)13(17)16(15(10)3)11-7-5-4-6-8-11;;;/h4-8H,9H2,1-3H3,(H,18,19,20);;;. The number of aromatic nitrogens is 2. The summed E-state index contributed by atoms with van der Waals surface area (Å²) in [6, 6.07) is 9.04. The number of hydrogen-bond donors (Lipinski definition) is 1. The molecule has 0 amide bonds. The summed E-state index contributed by atoms with van der Waals surface area (Å²) < 4.78 is 34.0.